The van der Waals surface area contributed by atoms with Crippen molar-refractivity contribution in [3.8, 4) is 0 Å². The molecular weight excluding hydrogens is 387 g/mol. The van der Waals surface area contributed by atoms with Crippen LogP contribution in [0, 0.1) is 0 Å². The van der Waals surface area contributed by atoms with E-state index in [4.69, 9.17) is 4.74 Å². The summed E-state index contributed by atoms with van der Waals surface area (Å²) in [6.45, 7) is 3.96. The fourth-order valence-electron chi connectivity index (χ4n) is 3.61. The van der Waals surface area contributed by atoms with Crippen molar-refractivity contribution in [2.45, 2.75) is 32.5 Å². The van der Waals surface area contributed by atoms with E-state index in [1.165, 1.54) is 15.9 Å². The molecule has 1 atom stereocenters. The van der Waals surface area contributed by atoms with Crippen molar-refractivity contribution in [1.82, 2.24) is 0 Å². The number of hydrogen-bond acceptors (Lipinski definition) is 2. The minimum atomic E-state index is -2.17. The van der Waals surface area contributed by atoms with Gasteiger partial charge in [0.2, 0.25) is 5.85 Å². The van der Waals surface area contributed by atoms with E-state index in [1.54, 1.807) is 0 Å². The number of hydrogen-bond donors (Lipinski definition) is 0. The molecule has 0 aliphatic rings. The lowest BCUT2D eigenvalue weighted by molar-refractivity contribution is -0.145. The lowest BCUT2D eigenvalue weighted by atomic mass is 10.3. The average molecular weight is 413 g/mol. The van der Waals surface area contributed by atoms with Crippen molar-refractivity contribution >= 4 is 29.1 Å². The lowest BCUT2D eigenvalue weighted by Gasteiger charge is -2.33. The normalized spacial score (nSPS) is 11.9. The summed E-state index contributed by atoms with van der Waals surface area (Å²) in [5, 5.41) is 3.70. The zero-order chi connectivity index (χ0) is 19.1. The summed E-state index contributed by atoms with van der Waals surface area (Å²) in [6, 6.07) is 31.6. The average Bonchev–Trinajstić information content (AvgIpc) is 2.75. The van der Waals surface area contributed by atoms with Gasteiger partial charge in [-0.05, 0) is 36.4 Å². The maximum Gasteiger partial charge on any atom is 0.308 e. The molecule has 0 radical (unpaired) electrons. The zero-order valence-electron chi connectivity index (χ0n) is 16.3. The number of halogens is 1. The van der Waals surface area contributed by atoms with E-state index in [0.29, 0.717) is 6.42 Å². The lowest BCUT2D eigenvalue weighted by Crippen LogP contribution is -3.00. The summed E-state index contributed by atoms with van der Waals surface area (Å²) in [5.41, 5.74) is 0. The summed E-state index contributed by atoms with van der Waals surface area (Å²) in [7, 11) is -2.17. The molecule has 0 bridgehead atoms. The van der Waals surface area contributed by atoms with Gasteiger partial charge in [0, 0.05) is 12.8 Å². The molecule has 0 heterocycles. The maximum absolute atomic E-state index is 12.3. The third-order valence-corrected chi connectivity index (χ3v) is 9.50. The fraction of sp³-hybridized carbons (Fsp3) is 0.208. The first kappa shape index (κ1) is 22.1. The van der Waals surface area contributed by atoms with E-state index in [-0.39, 0.29) is 24.2 Å². The summed E-state index contributed by atoms with van der Waals surface area (Å²) in [6.07, 6.45) is 1.15. The first-order valence-corrected chi connectivity index (χ1v) is 11.3. The molecule has 0 fully saturated rings. The minimum absolute atomic E-state index is 0. The topological polar surface area (TPSA) is 26.3 Å². The molecule has 0 aliphatic heterocycles. The predicted octanol–water partition coefficient (Wildman–Crippen LogP) is 1.67. The van der Waals surface area contributed by atoms with E-state index >= 15 is 0 Å². The van der Waals surface area contributed by atoms with Crippen LogP contribution in [0.15, 0.2) is 91.0 Å². The quantitative estimate of drug-likeness (QED) is 0.436. The van der Waals surface area contributed by atoms with Crippen LogP contribution in [0.25, 0.3) is 0 Å². The van der Waals surface area contributed by atoms with E-state index in [9.17, 15) is 4.79 Å². The van der Waals surface area contributed by atoms with E-state index < -0.39 is 7.26 Å². The van der Waals surface area contributed by atoms with Gasteiger partial charge in [0.05, 0.1) is 0 Å². The number of esters is 1. The van der Waals surface area contributed by atoms with Gasteiger partial charge in [-0.2, -0.15) is 0 Å². The second kappa shape index (κ2) is 10.4. The number of ether oxygens (including phenoxy) is 1. The second-order valence-electron chi connectivity index (χ2n) is 6.44. The Hall–Kier alpha value is -2.15. The Bertz CT molecular complexity index is 757. The first-order valence-electron chi connectivity index (χ1n) is 9.48. The highest BCUT2D eigenvalue weighted by Gasteiger charge is 2.53. The third-order valence-electron chi connectivity index (χ3n) is 4.83. The Balaban J connectivity index is 0.00000280. The molecule has 3 aromatic carbocycles. The third kappa shape index (κ3) is 4.29. The molecule has 0 spiro atoms. The summed E-state index contributed by atoms with van der Waals surface area (Å²) < 4.78 is 6.09. The van der Waals surface area contributed by atoms with E-state index in [2.05, 4.69) is 79.7 Å². The van der Waals surface area contributed by atoms with Crippen molar-refractivity contribution in [1.29, 1.82) is 0 Å². The van der Waals surface area contributed by atoms with Crippen molar-refractivity contribution in [3.05, 3.63) is 91.0 Å². The molecule has 0 aromatic heterocycles. The Morgan fingerprint density at radius 1 is 0.750 bits per heavy atom. The molecule has 0 saturated carbocycles. The summed E-state index contributed by atoms with van der Waals surface area (Å²) in [5.74, 6) is -0.342. The van der Waals surface area contributed by atoms with Crippen LogP contribution in [-0.2, 0) is 9.53 Å². The van der Waals surface area contributed by atoms with Crippen LogP contribution in [0.2, 0.25) is 0 Å². The van der Waals surface area contributed by atoms with Gasteiger partial charge in [0.15, 0.2) is 7.26 Å². The van der Waals surface area contributed by atoms with Crippen molar-refractivity contribution in [3.63, 3.8) is 0 Å². The highest BCUT2D eigenvalue weighted by atomic mass is 35.5. The molecule has 28 heavy (non-hydrogen) atoms. The van der Waals surface area contributed by atoms with E-state index in [1.807, 2.05) is 25.1 Å². The SMILES string of the molecule is CCC(=O)OC(CC)[P+](c1ccccc1)(c1ccccc1)c1ccccc1.[Cl-]. The standard InChI is InChI=1S/C24H26O2P.ClH/c1-3-23(25)26-24(4-2)27(20-14-8-5-9-15-20,21-16-10-6-11-17-21)22-18-12-7-13-19-22;/h5-19,24H,3-4H2,1-2H3;1H/q+1;/p-1. The molecule has 0 N–H and O–H groups in total. The van der Waals surface area contributed by atoms with Crippen LogP contribution in [0.3, 0.4) is 0 Å². The van der Waals surface area contributed by atoms with Gasteiger partial charge < -0.3 is 17.1 Å². The number of rotatable bonds is 7. The Kier molecular flexibility index (Phi) is 8.23. The van der Waals surface area contributed by atoms with Gasteiger partial charge in [-0.25, -0.2) is 0 Å². The predicted molar refractivity (Wildman–Crippen MR) is 116 cm³/mol. The Labute approximate surface area is 174 Å². The zero-order valence-corrected chi connectivity index (χ0v) is 17.9. The highest BCUT2D eigenvalue weighted by Crippen LogP contribution is 2.61. The van der Waals surface area contributed by atoms with Gasteiger partial charge in [-0.1, -0.05) is 68.4 Å². The van der Waals surface area contributed by atoms with Crippen LogP contribution in [0.5, 0.6) is 0 Å². The second-order valence-corrected chi connectivity index (χ2v) is 10.0. The monoisotopic (exact) mass is 412 g/mol. The molecule has 0 amide bonds. The molecule has 3 rings (SSSR count). The number of carbonyl (C=O) groups is 1. The van der Waals surface area contributed by atoms with Crippen LogP contribution >= 0.6 is 7.26 Å². The van der Waals surface area contributed by atoms with Gasteiger partial charge in [0.1, 0.15) is 15.9 Å². The number of benzene rings is 3. The van der Waals surface area contributed by atoms with Gasteiger partial charge in [0.25, 0.3) is 0 Å². The molecule has 0 aliphatic carbocycles. The molecular formula is C24H26ClO2P. The smallest absolute Gasteiger partial charge is 0.308 e. The van der Waals surface area contributed by atoms with Crippen LogP contribution in [0.1, 0.15) is 26.7 Å². The Morgan fingerprint density at radius 3 is 1.39 bits per heavy atom. The van der Waals surface area contributed by atoms with Crippen LogP contribution in [0.4, 0.5) is 0 Å². The summed E-state index contributed by atoms with van der Waals surface area (Å²) >= 11 is 0. The van der Waals surface area contributed by atoms with Gasteiger partial charge >= 0.3 is 5.97 Å². The molecule has 4 heteroatoms. The van der Waals surface area contributed by atoms with Crippen molar-refractivity contribution < 1.29 is 21.9 Å². The number of carbonyl (C=O) groups excluding carboxylic acids is 1. The molecule has 2 nitrogen and oxygen atoms in total. The maximum atomic E-state index is 12.3. The van der Waals surface area contributed by atoms with E-state index in [0.717, 1.165) is 6.42 Å². The first-order chi connectivity index (χ1) is 13.2. The molecule has 1 unspecified atom stereocenters. The van der Waals surface area contributed by atoms with Crippen molar-refractivity contribution in [2.75, 3.05) is 0 Å². The highest BCUT2D eigenvalue weighted by molar-refractivity contribution is 7.96. The minimum Gasteiger partial charge on any atom is -1.00 e. The van der Waals surface area contributed by atoms with Gasteiger partial charge in [-0.15, -0.1) is 0 Å². The van der Waals surface area contributed by atoms with Crippen molar-refractivity contribution in [2.24, 2.45) is 0 Å². The molecule has 3 aromatic rings. The van der Waals surface area contributed by atoms with Gasteiger partial charge in [-0.3, -0.25) is 4.79 Å². The molecule has 146 valence electrons. The molecule has 0 saturated heterocycles. The Morgan fingerprint density at radius 2 is 1.11 bits per heavy atom. The largest absolute Gasteiger partial charge is 1.00 e. The van der Waals surface area contributed by atoms with Crippen LogP contribution < -0.4 is 28.3 Å². The van der Waals surface area contributed by atoms with Crippen LogP contribution in [-0.4, -0.2) is 11.8 Å². The fourth-order valence-corrected chi connectivity index (χ4v) is 8.25. The summed E-state index contributed by atoms with van der Waals surface area (Å²) in [4.78, 5) is 12.3.